The number of hydrogen-bond donors (Lipinski definition) is 5. The summed E-state index contributed by atoms with van der Waals surface area (Å²) in [6.45, 7) is 3.48. The van der Waals surface area contributed by atoms with Crippen LogP contribution >= 0.6 is 11.6 Å². The molecule has 0 bridgehead atoms. The Kier molecular flexibility index (Phi) is 10.5. The average molecular weight is 627 g/mol. The zero-order valence-corrected chi connectivity index (χ0v) is 25.3. The number of hydrogen-bond acceptors (Lipinski definition) is 8. The van der Waals surface area contributed by atoms with Gasteiger partial charge in [-0.3, -0.25) is 19.2 Å². The summed E-state index contributed by atoms with van der Waals surface area (Å²) in [6, 6.07) is 8.58. The van der Waals surface area contributed by atoms with Gasteiger partial charge in [-0.25, -0.2) is 4.79 Å². The SMILES string of the molecule is COc1cccc2[nH]c(C(=O)N[C@@H](CC(C)C)C(=O)N[C@@H](C[C@@H]3CCNC3=O)C(=O)COC(=O)c3ccc(Cl)cc3O)cc12. The minimum absolute atomic E-state index is 0.00312. The van der Waals surface area contributed by atoms with Crippen molar-refractivity contribution >= 4 is 52.0 Å². The number of nitrogens with one attached hydrogen (secondary N) is 4. The zero-order chi connectivity index (χ0) is 32.0. The molecule has 0 saturated carbocycles. The number of rotatable bonds is 13. The van der Waals surface area contributed by atoms with Gasteiger partial charge in [-0.05, 0) is 61.6 Å². The largest absolute Gasteiger partial charge is 0.507 e. The smallest absolute Gasteiger partial charge is 0.342 e. The van der Waals surface area contributed by atoms with E-state index in [0.717, 1.165) is 6.07 Å². The molecule has 1 aliphatic rings. The molecule has 44 heavy (non-hydrogen) atoms. The first-order chi connectivity index (χ1) is 21.0. The maximum Gasteiger partial charge on any atom is 0.342 e. The van der Waals surface area contributed by atoms with Crippen molar-refractivity contribution in [1.29, 1.82) is 0 Å². The number of methoxy groups -OCH3 is 1. The van der Waals surface area contributed by atoms with Crippen LogP contribution in [0.1, 0.15) is 54.0 Å². The summed E-state index contributed by atoms with van der Waals surface area (Å²) in [5.74, 6) is -3.40. The summed E-state index contributed by atoms with van der Waals surface area (Å²) < 4.78 is 10.5. The zero-order valence-electron chi connectivity index (χ0n) is 24.6. The molecule has 1 aromatic heterocycles. The number of ketones is 1. The Labute approximate surface area is 258 Å². The fourth-order valence-electron chi connectivity index (χ4n) is 5.06. The van der Waals surface area contributed by atoms with Gasteiger partial charge in [-0.15, -0.1) is 0 Å². The van der Waals surface area contributed by atoms with Gasteiger partial charge in [0, 0.05) is 28.4 Å². The molecule has 0 spiro atoms. The van der Waals surface area contributed by atoms with Crippen LogP contribution in [0.25, 0.3) is 10.9 Å². The van der Waals surface area contributed by atoms with Gasteiger partial charge in [0.05, 0.1) is 13.2 Å². The molecule has 5 N–H and O–H groups in total. The van der Waals surface area contributed by atoms with Gasteiger partial charge in [0.25, 0.3) is 5.91 Å². The number of carbonyl (C=O) groups is 5. The highest BCUT2D eigenvalue weighted by atomic mass is 35.5. The predicted molar refractivity (Wildman–Crippen MR) is 162 cm³/mol. The number of benzene rings is 2. The molecule has 1 fully saturated rings. The third kappa shape index (κ3) is 7.87. The Balaban J connectivity index is 1.49. The van der Waals surface area contributed by atoms with Crippen LogP contribution < -0.4 is 20.7 Å². The summed E-state index contributed by atoms with van der Waals surface area (Å²) in [6.07, 6.45) is 0.702. The van der Waals surface area contributed by atoms with Crippen LogP contribution in [-0.4, -0.2) is 71.9 Å². The van der Waals surface area contributed by atoms with Crippen LogP contribution in [0.5, 0.6) is 11.5 Å². The second kappa shape index (κ2) is 14.3. The van der Waals surface area contributed by atoms with Gasteiger partial charge >= 0.3 is 5.97 Å². The molecule has 0 aliphatic carbocycles. The molecule has 0 unspecified atom stereocenters. The quantitative estimate of drug-likeness (QED) is 0.180. The van der Waals surface area contributed by atoms with Gasteiger partial charge in [0.1, 0.15) is 28.8 Å². The highest BCUT2D eigenvalue weighted by Gasteiger charge is 2.34. The number of fused-ring (bicyclic) bond motifs is 1. The summed E-state index contributed by atoms with van der Waals surface area (Å²) in [7, 11) is 1.53. The lowest BCUT2D eigenvalue weighted by molar-refractivity contribution is -0.131. The molecule has 0 radical (unpaired) electrons. The lowest BCUT2D eigenvalue weighted by Gasteiger charge is -2.25. The number of ether oxygens (including phenoxy) is 2. The summed E-state index contributed by atoms with van der Waals surface area (Å²) in [5.41, 5.74) is 0.715. The summed E-state index contributed by atoms with van der Waals surface area (Å²) >= 11 is 5.81. The van der Waals surface area contributed by atoms with E-state index in [1.54, 1.807) is 24.3 Å². The number of Topliss-reactive ketones (excluding diaryl/α,β-unsaturated/α-hetero) is 1. The molecule has 1 aliphatic heterocycles. The number of aromatic hydroxyl groups is 1. The Morgan fingerprint density at radius 1 is 1.09 bits per heavy atom. The molecule has 3 amide bonds. The van der Waals surface area contributed by atoms with Gasteiger partial charge in [-0.2, -0.15) is 0 Å². The Morgan fingerprint density at radius 3 is 2.52 bits per heavy atom. The van der Waals surface area contributed by atoms with Crippen molar-refractivity contribution in [2.75, 3.05) is 20.3 Å². The van der Waals surface area contributed by atoms with Crippen molar-refractivity contribution in [2.24, 2.45) is 11.8 Å². The Hall–Kier alpha value is -4.58. The van der Waals surface area contributed by atoms with Crippen molar-refractivity contribution in [3.8, 4) is 11.5 Å². The highest BCUT2D eigenvalue weighted by molar-refractivity contribution is 6.30. The van der Waals surface area contributed by atoms with E-state index in [0.29, 0.717) is 29.6 Å². The third-order valence-corrected chi connectivity index (χ3v) is 7.57. The topological polar surface area (TPSA) is 176 Å². The van der Waals surface area contributed by atoms with E-state index < -0.39 is 53.9 Å². The fourth-order valence-corrected chi connectivity index (χ4v) is 5.22. The van der Waals surface area contributed by atoms with Crippen molar-refractivity contribution in [2.45, 2.75) is 45.2 Å². The van der Waals surface area contributed by atoms with Gasteiger partial charge in [0.2, 0.25) is 11.8 Å². The number of H-pyrrole nitrogens is 1. The average Bonchev–Trinajstić information content (AvgIpc) is 3.60. The lowest BCUT2D eigenvalue weighted by Crippen LogP contribution is -2.53. The monoisotopic (exact) mass is 626 g/mol. The molecule has 3 aromatic rings. The minimum Gasteiger partial charge on any atom is -0.507 e. The fraction of sp³-hybridized carbons (Fsp3) is 0.387. The van der Waals surface area contributed by atoms with E-state index in [1.807, 2.05) is 13.8 Å². The van der Waals surface area contributed by atoms with E-state index in [4.69, 9.17) is 21.1 Å². The Bertz CT molecular complexity index is 1570. The number of aromatic nitrogens is 1. The van der Waals surface area contributed by atoms with E-state index >= 15 is 0 Å². The number of amides is 3. The number of phenols is 1. The second-order valence-electron chi connectivity index (χ2n) is 11.0. The van der Waals surface area contributed by atoms with Crippen LogP contribution in [0, 0.1) is 11.8 Å². The first-order valence-corrected chi connectivity index (χ1v) is 14.6. The number of aromatic amines is 1. The van der Waals surface area contributed by atoms with Gasteiger partial charge < -0.3 is 35.5 Å². The molecule has 12 nitrogen and oxygen atoms in total. The standard InChI is InChI=1S/C31H35ClN4O8/c1-16(2)11-23(36-30(41)24-14-20-21(34-24)5-4-6-27(20)43-3)29(40)35-22(12-17-9-10-33-28(17)39)26(38)15-44-31(42)19-8-7-18(32)13-25(19)37/h4-8,13-14,16-17,22-23,34,37H,9-12,15H2,1-3H3,(H,33,39)(H,35,40)(H,36,41)/t17-,22-,23-/m0/s1. The first kappa shape index (κ1) is 32.3. The molecule has 4 rings (SSSR count). The molecular weight excluding hydrogens is 592 g/mol. The molecular formula is C31H35ClN4O8. The molecule has 13 heteroatoms. The third-order valence-electron chi connectivity index (χ3n) is 7.33. The Morgan fingerprint density at radius 2 is 1.86 bits per heavy atom. The van der Waals surface area contributed by atoms with Crippen LogP contribution in [0.2, 0.25) is 5.02 Å². The van der Waals surface area contributed by atoms with Crippen molar-refractivity contribution in [3.63, 3.8) is 0 Å². The molecule has 2 aromatic carbocycles. The van der Waals surface area contributed by atoms with E-state index in [9.17, 15) is 29.1 Å². The maximum atomic E-state index is 13.6. The molecule has 234 valence electrons. The number of phenolic OH excluding ortho intramolecular Hbond substituents is 1. The van der Waals surface area contributed by atoms with Crippen molar-refractivity contribution < 1.29 is 38.6 Å². The van der Waals surface area contributed by atoms with Crippen LogP contribution in [0.3, 0.4) is 0 Å². The normalized spacial score (nSPS) is 15.8. The highest BCUT2D eigenvalue weighted by Crippen LogP contribution is 2.26. The van der Waals surface area contributed by atoms with Crippen LogP contribution in [0.15, 0.2) is 42.5 Å². The van der Waals surface area contributed by atoms with E-state index in [-0.39, 0.29) is 40.9 Å². The maximum absolute atomic E-state index is 13.6. The van der Waals surface area contributed by atoms with Gasteiger partial charge in [0.15, 0.2) is 12.4 Å². The van der Waals surface area contributed by atoms with Crippen molar-refractivity contribution in [3.05, 3.63) is 58.7 Å². The number of carbonyl (C=O) groups excluding carboxylic acids is 5. The van der Waals surface area contributed by atoms with Crippen LogP contribution in [-0.2, 0) is 19.1 Å². The molecule has 3 atom stereocenters. The minimum atomic E-state index is -1.19. The first-order valence-electron chi connectivity index (χ1n) is 14.2. The lowest BCUT2D eigenvalue weighted by atomic mass is 9.95. The van der Waals surface area contributed by atoms with E-state index in [1.165, 1.54) is 19.2 Å². The number of halogens is 1. The molecule has 2 heterocycles. The second-order valence-corrected chi connectivity index (χ2v) is 11.5. The van der Waals surface area contributed by atoms with Gasteiger partial charge in [-0.1, -0.05) is 31.5 Å². The number of esters is 1. The van der Waals surface area contributed by atoms with Crippen LogP contribution in [0.4, 0.5) is 0 Å². The van der Waals surface area contributed by atoms with Crippen molar-refractivity contribution in [1.82, 2.24) is 20.9 Å². The predicted octanol–water partition coefficient (Wildman–Crippen LogP) is 3.12. The molecule has 1 saturated heterocycles. The summed E-state index contributed by atoms with van der Waals surface area (Å²) in [5, 5.41) is 19.1. The van der Waals surface area contributed by atoms with E-state index in [2.05, 4.69) is 20.9 Å². The summed E-state index contributed by atoms with van der Waals surface area (Å²) in [4.78, 5) is 68.0.